The summed E-state index contributed by atoms with van der Waals surface area (Å²) in [5, 5.41) is 8.67. The normalized spacial score (nSPS) is 12.0. The van der Waals surface area contributed by atoms with Gasteiger partial charge in [0.25, 0.3) is 5.91 Å². The van der Waals surface area contributed by atoms with Crippen LogP contribution < -0.4 is 20.7 Å². The number of carbonyl (C=O) groups is 1. The number of para-hydroxylation sites is 1. The Labute approximate surface area is 178 Å². The highest BCUT2D eigenvalue weighted by Gasteiger charge is 2.35. The molecule has 0 aliphatic carbocycles. The molecule has 0 aliphatic heterocycles. The van der Waals surface area contributed by atoms with Gasteiger partial charge in [-0.15, -0.1) is 0 Å². The molecule has 0 radical (unpaired) electrons. The van der Waals surface area contributed by atoms with Crippen LogP contribution in [0.1, 0.15) is 15.9 Å². The number of alkyl halides is 3. The van der Waals surface area contributed by atoms with Gasteiger partial charge in [-0.1, -0.05) is 59.1 Å². The fourth-order valence-corrected chi connectivity index (χ4v) is 2.74. The molecule has 0 bridgehead atoms. The van der Waals surface area contributed by atoms with Crippen LogP contribution in [0.2, 0.25) is 0 Å². The Kier molecular flexibility index (Phi) is 7.56. The predicted molar refractivity (Wildman–Crippen MR) is 115 cm³/mol. The summed E-state index contributed by atoms with van der Waals surface area (Å²) in [5.41, 5.74) is 2.15. The summed E-state index contributed by atoms with van der Waals surface area (Å²) in [6.45, 7) is 1.93. The molecule has 1 unspecified atom stereocenters. The molecule has 9 heteroatoms. The van der Waals surface area contributed by atoms with Crippen molar-refractivity contribution in [3.63, 3.8) is 0 Å². The summed E-state index contributed by atoms with van der Waals surface area (Å²) >= 11 is 23.3. The third-order valence-electron chi connectivity index (χ3n) is 3.60. The van der Waals surface area contributed by atoms with Crippen LogP contribution in [0.25, 0.3) is 0 Å². The number of thiocarbonyl (C=S) groups is 1. The second-order valence-corrected chi connectivity index (χ2v) is 8.37. The van der Waals surface area contributed by atoms with E-state index in [0.29, 0.717) is 11.3 Å². The van der Waals surface area contributed by atoms with Crippen molar-refractivity contribution in [2.24, 2.45) is 0 Å². The van der Waals surface area contributed by atoms with E-state index in [1.807, 2.05) is 31.2 Å². The first-order valence-corrected chi connectivity index (χ1v) is 9.39. The summed E-state index contributed by atoms with van der Waals surface area (Å²) in [6, 6.07) is 14.2. The van der Waals surface area contributed by atoms with E-state index < -0.39 is 15.9 Å². The lowest BCUT2D eigenvalue weighted by atomic mass is 10.2. The molecule has 5 nitrogen and oxygen atoms in total. The van der Waals surface area contributed by atoms with Crippen LogP contribution in [-0.4, -0.2) is 28.1 Å². The van der Waals surface area contributed by atoms with Crippen molar-refractivity contribution in [3.8, 4) is 5.75 Å². The van der Waals surface area contributed by atoms with Gasteiger partial charge in [-0.2, -0.15) is 0 Å². The van der Waals surface area contributed by atoms with E-state index in [4.69, 9.17) is 51.8 Å². The van der Waals surface area contributed by atoms with Gasteiger partial charge < -0.3 is 20.7 Å². The first kappa shape index (κ1) is 21.6. The standard InChI is InChI=1S/C18H18Cl3N3O2S/c1-11-6-3-4-9-14(11)22-17(27)24-16(18(19,20)21)23-15(25)12-7-5-8-13(10-12)26-2/h3-10,16H,1-2H3,(H,23,25)(H2,22,24,27). The number of hydrogen-bond donors (Lipinski definition) is 3. The molecule has 144 valence electrons. The van der Waals surface area contributed by atoms with E-state index in [1.54, 1.807) is 24.3 Å². The largest absolute Gasteiger partial charge is 0.497 e. The van der Waals surface area contributed by atoms with Crippen molar-refractivity contribution < 1.29 is 9.53 Å². The van der Waals surface area contributed by atoms with Crippen molar-refractivity contribution in [2.45, 2.75) is 16.9 Å². The van der Waals surface area contributed by atoms with Gasteiger partial charge in [0.1, 0.15) is 11.9 Å². The first-order chi connectivity index (χ1) is 12.7. The highest BCUT2D eigenvalue weighted by atomic mass is 35.6. The molecule has 3 N–H and O–H groups in total. The van der Waals surface area contributed by atoms with Gasteiger partial charge in [0.05, 0.1) is 7.11 Å². The van der Waals surface area contributed by atoms with E-state index in [0.717, 1.165) is 11.3 Å². The lowest BCUT2D eigenvalue weighted by Gasteiger charge is -2.28. The number of halogens is 3. The molecule has 0 heterocycles. The molecule has 0 spiro atoms. The zero-order valence-electron chi connectivity index (χ0n) is 14.6. The number of nitrogens with one attached hydrogen (secondary N) is 3. The van der Waals surface area contributed by atoms with E-state index in [1.165, 1.54) is 7.11 Å². The highest BCUT2D eigenvalue weighted by molar-refractivity contribution is 7.80. The van der Waals surface area contributed by atoms with E-state index in [9.17, 15) is 4.79 Å². The van der Waals surface area contributed by atoms with Gasteiger partial charge in [0.2, 0.25) is 3.79 Å². The molecule has 27 heavy (non-hydrogen) atoms. The number of benzene rings is 2. The molecule has 0 saturated heterocycles. The minimum Gasteiger partial charge on any atom is -0.497 e. The van der Waals surface area contributed by atoms with Crippen LogP contribution in [0, 0.1) is 6.92 Å². The first-order valence-electron chi connectivity index (χ1n) is 7.85. The molecular weight excluding hydrogens is 429 g/mol. The van der Waals surface area contributed by atoms with Gasteiger partial charge in [-0.05, 0) is 49.0 Å². The van der Waals surface area contributed by atoms with Crippen LogP contribution in [0.3, 0.4) is 0 Å². The average molecular weight is 447 g/mol. The summed E-state index contributed by atoms with van der Waals surface area (Å²) in [5.74, 6) is 0.0919. The van der Waals surface area contributed by atoms with Crippen LogP contribution in [0.4, 0.5) is 5.69 Å². The van der Waals surface area contributed by atoms with E-state index in [2.05, 4.69) is 16.0 Å². The average Bonchev–Trinajstić information content (AvgIpc) is 2.62. The van der Waals surface area contributed by atoms with Crippen molar-refractivity contribution in [1.29, 1.82) is 0 Å². The molecule has 0 saturated carbocycles. The van der Waals surface area contributed by atoms with Crippen LogP contribution >= 0.6 is 47.0 Å². The Balaban J connectivity index is 2.10. The maximum Gasteiger partial charge on any atom is 0.253 e. The molecule has 0 aliphatic rings. The van der Waals surface area contributed by atoms with Crippen molar-refractivity contribution in [3.05, 3.63) is 59.7 Å². The number of ether oxygens (including phenoxy) is 1. The number of carbonyl (C=O) groups excluding carboxylic acids is 1. The highest BCUT2D eigenvalue weighted by Crippen LogP contribution is 2.29. The molecule has 1 atom stereocenters. The zero-order chi connectivity index (χ0) is 20.0. The van der Waals surface area contributed by atoms with Crippen LogP contribution in [0.5, 0.6) is 5.75 Å². The van der Waals surface area contributed by atoms with E-state index in [-0.39, 0.29) is 5.11 Å². The molecule has 2 rings (SSSR count). The summed E-state index contributed by atoms with van der Waals surface area (Å²) in [4.78, 5) is 12.5. The molecular formula is C18H18Cl3N3O2S. The summed E-state index contributed by atoms with van der Waals surface area (Å²) in [6.07, 6.45) is -1.06. The summed E-state index contributed by atoms with van der Waals surface area (Å²) in [7, 11) is 1.51. The maximum absolute atomic E-state index is 12.5. The minimum atomic E-state index is -1.84. The smallest absolute Gasteiger partial charge is 0.253 e. The molecule has 2 aromatic rings. The van der Waals surface area contributed by atoms with Crippen molar-refractivity contribution >= 4 is 63.7 Å². The van der Waals surface area contributed by atoms with Gasteiger partial charge >= 0.3 is 0 Å². The second-order valence-electron chi connectivity index (χ2n) is 5.59. The Morgan fingerprint density at radius 1 is 1.11 bits per heavy atom. The van der Waals surface area contributed by atoms with Crippen molar-refractivity contribution in [2.75, 3.05) is 12.4 Å². The van der Waals surface area contributed by atoms with Crippen LogP contribution in [0.15, 0.2) is 48.5 Å². The fourth-order valence-electron chi connectivity index (χ4n) is 2.18. The molecule has 2 aromatic carbocycles. The number of rotatable bonds is 5. The number of amides is 1. The quantitative estimate of drug-likeness (QED) is 0.361. The number of aryl methyl sites for hydroxylation is 1. The topological polar surface area (TPSA) is 62.4 Å². The number of hydrogen-bond acceptors (Lipinski definition) is 3. The number of methoxy groups -OCH3 is 1. The third-order valence-corrected chi connectivity index (χ3v) is 4.48. The van der Waals surface area contributed by atoms with Crippen molar-refractivity contribution in [1.82, 2.24) is 10.6 Å². The SMILES string of the molecule is COc1cccc(C(=O)NC(NC(=S)Nc2ccccc2C)C(Cl)(Cl)Cl)c1. The van der Waals surface area contributed by atoms with E-state index >= 15 is 0 Å². The Morgan fingerprint density at radius 2 is 1.81 bits per heavy atom. The zero-order valence-corrected chi connectivity index (χ0v) is 17.6. The Bertz CT molecular complexity index is 827. The fraction of sp³-hybridized carbons (Fsp3) is 0.222. The van der Waals surface area contributed by atoms with Gasteiger partial charge in [-0.25, -0.2) is 0 Å². The number of anilines is 1. The summed E-state index contributed by atoms with van der Waals surface area (Å²) < 4.78 is 3.27. The third kappa shape index (κ3) is 6.43. The minimum absolute atomic E-state index is 0.201. The monoisotopic (exact) mass is 445 g/mol. The van der Waals surface area contributed by atoms with Gasteiger partial charge in [0, 0.05) is 11.3 Å². The maximum atomic E-state index is 12.5. The Morgan fingerprint density at radius 3 is 2.44 bits per heavy atom. The van der Waals surface area contributed by atoms with Gasteiger partial charge in [-0.3, -0.25) is 4.79 Å². The predicted octanol–water partition coefficient (Wildman–Crippen LogP) is 4.42. The Hall–Kier alpha value is -1.73. The van der Waals surface area contributed by atoms with Crippen LogP contribution in [-0.2, 0) is 0 Å². The molecule has 0 aromatic heterocycles. The lowest BCUT2D eigenvalue weighted by Crippen LogP contribution is -2.56. The second kappa shape index (κ2) is 9.46. The van der Waals surface area contributed by atoms with Gasteiger partial charge in [0.15, 0.2) is 5.11 Å². The lowest BCUT2D eigenvalue weighted by molar-refractivity contribution is 0.0934. The molecule has 0 fully saturated rings. The molecule has 1 amide bonds.